The van der Waals surface area contributed by atoms with E-state index in [2.05, 4.69) is 72.3 Å². The molecule has 1 N–H and O–H groups in total. The van der Waals surface area contributed by atoms with Crippen LogP contribution in [0.25, 0.3) is 11.3 Å². The summed E-state index contributed by atoms with van der Waals surface area (Å²) in [6, 6.07) is 10.4. The smallest absolute Gasteiger partial charge is 0.151 e. The number of benzene rings is 1. The van der Waals surface area contributed by atoms with Gasteiger partial charge in [-0.1, -0.05) is 35.0 Å². The van der Waals surface area contributed by atoms with Crippen LogP contribution in [0.15, 0.2) is 34.9 Å². The van der Waals surface area contributed by atoms with Crippen LogP contribution in [0.2, 0.25) is 0 Å². The molecule has 0 spiro atoms. The van der Waals surface area contributed by atoms with E-state index >= 15 is 0 Å². The van der Waals surface area contributed by atoms with Gasteiger partial charge in [-0.25, -0.2) is 0 Å². The van der Waals surface area contributed by atoms with Gasteiger partial charge in [0.2, 0.25) is 0 Å². The fourth-order valence-electron chi connectivity index (χ4n) is 3.06. The number of aryl methyl sites for hydroxylation is 3. The highest BCUT2D eigenvalue weighted by molar-refractivity contribution is 5.59. The lowest BCUT2D eigenvalue weighted by molar-refractivity contribution is 0.270. The Hall–Kier alpha value is -2.40. The number of hydrogen-bond acceptors (Lipinski definition) is 4. The third-order valence-corrected chi connectivity index (χ3v) is 4.58. The second-order valence-corrected chi connectivity index (χ2v) is 6.80. The highest BCUT2D eigenvalue weighted by Crippen LogP contribution is 2.20. The van der Waals surface area contributed by atoms with Crippen molar-refractivity contribution in [3.8, 4) is 11.3 Å². The van der Waals surface area contributed by atoms with Gasteiger partial charge in [0.15, 0.2) is 5.76 Å². The SMILES string of the molecule is Cc1ccc(-c2cc(CN(C)CCCc3c(C)n[nH]c3C)on2)cc1. The zero-order valence-corrected chi connectivity index (χ0v) is 15.5. The predicted molar refractivity (Wildman–Crippen MR) is 99.4 cm³/mol. The Balaban J connectivity index is 1.51. The molecule has 25 heavy (non-hydrogen) atoms. The maximum absolute atomic E-state index is 5.50. The second-order valence-electron chi connectivity index (χ2n) is 6.80. The van der Waals surface area contributed by atoms with Crippen LogP contribution in [0.3, 0.4) is 0 Å². The molecule has 3 rings (SSSR count). The topological polar surface area (TPSA) is 58.0 Å². The first kappa shape index (κ1) is 17.4. The molecule has 2 heterocycles. The van der Waals surface area contributed by atoms with Gasteiger partial charge in [-0.3, -0.25) is 10.00 Å². The predicted octanol–water partition coefficient (Wildman–Crippen LogP) is 4.05. The Kier molecular flexibility index (Phi) is 5.34. The van der Waals surface area contributed by atoms with Crippen molar-refractivity contribution in [2.75, 3.05) is 13.6 Å². The molecule has 0 bridgehead atoms. The largest absolute Gasteiger partial charge is 0.359 e. The highest BCUT2D eigenvalue weighted by Gasteiger charge is 2.10. The summed E-state index contributed by atoms with van der Waals surface area (Å²) < 4.78 is 5.50. The zero-order valence-electron chi connectivity index (χ0n) is 15.5. The average Bonchev–Trinajstić information content (AvgIpc) is 3.17. The summed E-state index contributed by atoms with van der Waals surface area (Å²) in [6.07, 6.45) is 2.14. The van der Waals surface area contributed by atoms with Crippen LogP contribution in [0.5, 0.6) is 0 Å². The van der Waals surface area contributed by atoms with E-state index in [1.54, 1.807) is 0 Å². The van der Waals surface area contributed by atoms with Crippen molar-refractivity contribution in [1.82, 2.24) is 20.3 Å². The van der Waals surface area contributed by atoms with Crippen molar-refractivity contribution < 1.29 is 4.52 Å². The molecule has 5 nitrogen and oxygen atoms in total. The van der Waals surface area contributed by atoms with E-state index in [-0.39, 0.29) is 0 Å². The van der Waals surface area contributed by atoms with Crippen LogP contribution in [0.1, 0.15) is 34.7 Å². The van der Waals surface area contributed by atoms with Gasteiger partial charge < -0.3 is 4.52 Å². The van der Waals surface area contributed by atoms with E-state index in [9.17, 15) is 0 Å². The van der Waals surface area contributed by atoms with Gasteiger partial charge in [-0.05, 0) is 52.8 Å². The summed E-state index contributed by atoms with van der Waals surface area (Å²) in [5.74, 6) is 0.897. The Bertz CT molecular complexity index is 797. The molecule has 5 heteroatoms. The quantitative estimate of drug-likeness (QED) is 0.706. The monoisotopic (exact) mass is 338 g/mol. The molecule has 0 atom stereocenters. The number of nitrogens with one attached hydrogen (secondary N) is 1. The van der Waals surface area contributed by atoms with Crippen molar-refractivity contribution in [3.63, 3.8) is 0 Å². The minimum absolute atomic E-state index is 0.766. The lowest BCUT2D eigenvalue weighted by Crippen LogP contribution is -2.19. The first-order valence-corrected chi connectivity index (χ1v) is 8.74. The van der Waals surface area contributed by atoms with Crippen LogP contribution in [-0.4, -0.2) is 33.8 Å². The van der Waals surface area contributed by atoms with Crippen LogP contribution < -0.4 is 0 Å². The molecule has 0 fully saturated rings. The molecule has 0 saturated carbocycles. The Morgan fingerprint density at radius 3 is 2.56 bits per heavy atom. The van der Waals surface area contributed by atoms with Crippen LogP contribution >= 0.6 is 0 Å². The van der Waals surface area contributed by atoms with Gasteiger partial charge in [0.25, 0.3) is 0 Å². The van der Waals surface area contributed by atoms with Crippen molar-refractivity contribution >= 4 is 0 Å². The Morgan fingerprint density at radius 2 is 1.88 bits per heavy atom. The van der Waals surface area contributed by atoms with E-state index in [1.165, 1.54) is 16.8 Å². The number of aromatic nitrogens is 3. The molecule has 132 valence electrons. The van der Waals surface area contributed by atoms with Crippen LogP contribution in [0, 0.1) is 20.8 Å². The Labute approximate surface area is 149 Å². The molecule has 0 aliphatic carbocycles. The molecular weight excluding hydrogens is 312 g/mol. The summed E-state index contributed by atoms with van der Waals surface area (Å²) in [4.78, 5) is 2.27. The summed E-state index contributed by atoms with van der Waals surface area (Å²) in [5.41, 5.74) is 6.86. The van der Waals surface area contributed by atoms with Gasteiger partial charge in [0, 0.05) is 17.3 Å². The molecule has 2 aromatic heterocycles. The first-order valence-electron chi connectivity index (χ1n) is 8.74. The van der Waals surface area contributed by atoms with E-state index < -0.39 is 0 Å². The molecule has 1 aromatic carbocycles. The van der Waals surface area contributed by atoms with Gasteiger partial charge in [0.1, 0.15) is 5.69 Å². The zero-order chi connectivity index (χ0) is 17.8. The first-order chi connectivity index (χ1) is 12.0. The van der Waals surface area contributed by atoms with Gasteiger partial charge in [-0.15, -0.1) is 0 Å². The summed E-state index contributed by atoms with van der Waals surface area (Å²) in [6.45, 7) is 8.00. The molecule has 0 aliphatic rings. The van der Waals surface area contributed by atoms with Crippen LogP contribution in [-0.2, 0) is 13.0 Å². The van der Waals surface area contributed by atoms with Gasteiger partial charge >= 0.3 is 0 Å². The van der Waals surface area contributed by atoms with Crippen molar-refractivity contribution in [2.45, 2.75) is 40.2 Å². The van der Waals surface area contributed by atoms with Crippen LogP contribution in [0.4, 0.5) is 0 Å². The molecule has 3 aromatic rings. The highest BCUT2D eigenvalue weighted by atomic mass is 16.5. The van der Waals surface area contributed by atoms with Crippen molar-refractivity contribution in [1.29, 1.82) is 0 Å². The third-order valence-electron chi connectivity index (χ3n) is 4.58. The van der Waals surface area contributed by atoms with Crippen molar-refractivity contribution in [2.24, 2.45) is 0 Å². The van der Waals surface area contributed by atoms with E-state index in [4.69, 9.17) is 4.52 Å². The molecule has 0 saturated heterocycles. The lowest BCUT2D eigenvalue weighted by atomic mass is 10.1. The minimum atomic E-state index is 0.766. The maximum atomic E-state index is 5.50. The van der Waals surface area contributed by atoms with E-state index in [0.717, 1.165) is 48.6 Å². The molecule has 0 amide bonds. The molecule has 0 radical (unpaired) electrons. The summed E-state index contributed by atoms with van der Waals surface area (Å²) in [7, 11) is 2.11. The second kappa shape index (κ2) is 7.66. The average molecular weight is 338 g/mol. The number of H-pyrrole nitrogens is 1. The van der Waals surface area contributed by atoms with E-state index in [1.807, 2.05) is 6.07 Å². The van der Waals surface area contributed by atoms with Gasteiger partial charge in [0.05, 0.1) is 12.2 Å². The fraction of sp³-hybridized carbons (Fsp3) is 0.400. The third kappa shape index (κ3) is 4.37. The standard InChI is InChI=1S/C20H26N4O/c1-14-7-9-17(10-8-14)20-12-18(25-23-20)13-24(4)11-5-6-19-15(2)21-22-16(19)3/h7-10,12H,5-6,11,13H2,1-4H3,(H,21,22). The molecule has 0 aliphatic heterocycles. The number of rotatable bonds is 7. The fourth-order valence-corrected chi connectivity index (χ4v) is 3.06. The minimum Gasteiger partial charge on any atom is -0.359 e. The molecular formula is C20H26N4O. The normalized spacial score (nSPS) is 11.4. The number of aromatic amines is 1. The maximum Gasteiger partial charge on any atom is 0.151 e. The van der Waals surface area contributed by atoms with E-state index in [0.29, 0.717) is 0 Å². The lowest BCUT2D eigenvalue weighted by Gasteiger charge is -2.14. The molecule has 0 unspecified atom stereocenters. The number of hydrogen-bond donors (Lipinski definition) is 1. The van der Waals surface area contributed by atoms with Crippen molar-refractivity contribution in [3.05, 3.63) is 58.6 Å². The number of nitrogens with zero attached hydrogens (tertiary/aromatic N) is 3. The Morgan fingerprint density at radius 1 is 1.12 bits per heavy atom. The van der Waals surface area contributed by atoms with Gasteiger partial charge in [-0.2, -0.15) is 5.10 Å². The summed E-state index contributed by atoms with van der Waals surface area (Å²) in [5, 5.41) is 11.5. The summed E-state index contributed by atoms with van der Waals surface area (Å²) >= 11 is 0.